The summed E-state index contributed by atoms with van der Waals surface area (Å²) in [4.78, 5) is 11.8. The van der Waals surface area contributed by atoms with Crippen LogP contribution in [-0.4, -0.2) is 37.4 Å². The Kier molecular flexibility index (Phi) is 5.97. The predicted octanol–water partition coefficient (Wildman–Crippen LogP) is 1.16. The molecule has 0 fully saturated rings. The second-order valence-electron chi connectivity index (χ2n) is 3.64. The summed E-state index contributed by atoms with van der Waals surface area (Å²) in [6, 6.07) is 6.65. The smallest absolute Gasteiger partial charge is 0.251 e. The molecule has 0 bridgehead atoms. The zero-order valence-corrected chi connectivity index (χ0v) is 10.4. The molecule has 0 radical (unpaired) electrons. The summed E-state index contributed by atoms with van der Waals surface area (Å²) in [7, 11) is 1.52. The molecule has 0 aliphatic rings. The molecule has 5 heteroatoms. The lowest BCUT2D eigenvalue weighted by molar-refractivity contribution is 0.0839. The average molecular weight is 258 g/mol. The SMILES string of the molecule is COCC(CO)NC(=O)c1cccc(CCl)c1. The first-order chi connectivity index (χ1) is 8.21. The Morgan fingerprint density at radius 1 is 1.59 bits per heavy atom. The summed E-state index contributed by atoms with van der Waals surface area (Å²) < 4.78 is 4.88. The van der Waals surface area contributed by atoms with Crippen LogP contribution in [0.5, 0.6) is 0 Å². The summed E-state index contributed by atoms with van der Waals surface area (Å²) in [6.07, 6.45) is 0. The maximum atomic E-state index is 11.8. The van der Waals surface area contributed by atoms with E-state index < -0.39 is 6.04 Å². The highest BCUT2D eigenvalue weighted by Crippen LogP contribution is 2.08. The third-order valence-corrected chi connectivity index (χ3v) is 2.58. The highest BCUT2D eigenvalue weighted by atomic mass is 35.5. The van der Waals surface area contributed by atoms with Crippen LogP contribution < -0.4 is 5.32 Å². The maximum Gasteiger partial charge on any atom is 0.251 e. The number of rotatable bonds is 6. The number of carbonyl (C=O) groups excluding carboxylic acids is 1. The highest BCUT2D eigenvalue weighted by molar-refractivity contribution is 6.17. The predicted molar refractivity (Wildman–Crippen MR) is 66.2 cm³/mol. The van der Waals surface area contributed by atoms with Gasteiger partial charge in [-0.25, -0.2) is 0 Å². The average Bonchev–Trinajstić information content (AvgIpc) is 2.38. The van der Waals surface area contributed by atoms with Gasteiger partial charge in [-0.2, -0.15) is 0 Å². The quantitative estimate of drug-likeness (QED) is 0.752. The van der Waals surface area contributed by atoms with Crippen molar-refractivity contribution in [3.63, 3.8) is 0 Å². The first kappa shape index (κ1) is 14.0. The first-order valence-electron chi connectivity index (χ1n) is 5.26. The molecule has 0 aliphatic heterocycles. The van der Waals surface area contributed by atoms with E-state index in [0.717, 1.165) is 5.56 Å². The fourth-order valence-corrected chi connectivity index (χ4v) is 1.57. The molecule has 17 heavy (non-hydrogen) atoms. The molecular formula is C12H16ClNO3. The Labute approximate surface area is 106 Å². The largest absolute Gasteiger partial charge is 0.394 e. The Balaban J connectivity index is 2.68. The highest BCUT2D eigenvalue weighted by Gasteiger charge is 2.12. The molecule has 0 heterocycles. The van der Waals surface area contributed by atoms with Crippen LogP contribution in [0.15, 0.2) is 24.3 Å². The van der Waals surface area contributed by atoms with Gasteiger partial charge < -0.3 is 15.2 Å². The van der Waals surface area contributed by atoms with Crippen molar-refractivity contribution in [1.29, 1.82) is 0 Å². The van der Waals surface area contributed by atoms with Crippen LogP contribution in [0.25, 0.3) is 0 Å². The molecule has 0 saturated carbocycles. The summed E-state index contributed by atoms with van der Waals surface area (Å²) >= 11 is 5.69. The molecule has 1 unspecified atom stereocenters. The van der Waals surface area contributed by atoms with E-state index in [-0.39, 0.29) is 19.1 Å². The van der Waals surface area contributed by atoms with Gasteiger partial charge in [0.1, 0.15) is 0 Å². The van der Waals surface area contributed by atoms with Crippen molar-refractivity contribution in [1.82, 2.24) is 5.32 Å². The molecule has 1 aromatic rings. The van der Waals surface area contributed by atoms with Gasteiger partial charge in [-0.15, -0.1) is 11.6 Å². The number of aliphatic hydroxyl groups is 1. The van der Waals surface area contributed by atoms with E-state index in [1.54, 1.807) is 18.2 Å². The van der Waals surface area contributed by atoms with Crippen molar-refractivity contribution in [2.75, 3.05) is 20.3 Å². The summed E-state index contributed by atoms with van der Waals surface area (Å²) in [6.45, 7) is 0.117. The van der Waals surface area contributed by atoms with Crippen molar-refractivity contribution < 1.29 is 14.6 Å². The molecule has 1 aromatic carbocycles. The number of amides is 1. The van der Waals surface area contributed by atoms with Crippen LogP contribution in [0.4, 0.5) is 0 Å². The lowest BCUT2D eigenvalue weighted by Crippen LogP contribution is -2.40. The van der Waals surface area contributed by atoms with Crippen molar-refractivity contribution >= 4 is 17.5 Å². The summed E-state index contributed by atoms with van der Waals surface area (Å²) in [5.41, 5.74) is 1.41. The van der Waals surface area contributed by atoms with Gasteiger partial charge in [0, 0.05) is 18.6 Å². The van der Waals surface area contributed by atoms with Gasteiger partial charge in [-0.1, -0.05) is 12.1 Å². The Morgan fingerprint density at radius 2 is 2.35 bits per heavy atom. The fourth-order valence-electron chi connectivity index (χ4n) is 1.41. The number of carbonyl (C=O) groups is 1. The van der Waals surface area contributed by atoms with Gasteiger partial charge in [0.15, 0.2) is 0 Å². The third kappa shape index (κ3) is 4.34. The third-order valence-electron chi connectivity index (χ3n) is 2.27. The molecule has 1 rings (SSSR count). The van der Waals surface area contributed by atoms with E-state index in [2.05, 4.69) is 5.32 Å². The molecule has 2 N–H and O–H groups in total. The van der Waals surface area contributed by atoms with Crippen molar-refractivity contribution in [3.05, 3.63) is 35.4 Å². The minimum atomic E-state index is -0.396. The van der Waals surface area contributed by atoms with Gasteiger partial charge in [0.25, 0.3) is 5.91 Å². The second-order valence-corrected chi connectivity index (χ2v) is 3.91. The molecule has 0 aliphatic carbocycles. The van der Waals surface area contributed by atoms with Crippen LogP contribution in [0, 0.1) is 0 Å². The van der Waals surface area contributed by atoms with E-state index >= 15 is 0 Å². The Morgan fingerprint density at radius 3 is 2.94 bits per heavy atom. The van der Waals surface area contributed by atoms with Crippen LogP contribution in [0.1, 0.15) is 15.9 Å². The van der Waals surface area contributed by atoms with E-state index in [9.17, 15) is 4.79 Å². The minimum absolute atomic E-state index is 0.158. The van der Waals surface area contributed by atoms with Crippen LogP contribution in [-0.2, 0) is 10.6 Å². The number of benzene rings is 1. The van der Waals surface area contributed by atoms with Gasteiger partial charge >= 0.3 is 0 Å². The number of aliphatic hydroxyl groups excluding tert-OH is 1. The first-order valence-corrected chi connectivity index (χ1v) is 5.80. The molecule has 0 saturated heterocycles. The molecule has 94 valence electrons. The molecule has 0 aromatic heterocycles. The normalized spacial score (nSPS) is 12.2. The van der Waals surface area contributed by atoms with Crippen LogP contribution in [0.3, 0.4) is 0 Å². The van der Waals surface area contributed by atoms with Gasteiger partial charge in [0.05, 0.1) is 19.3 Å². The number of ether oxygens (including phenoxy) is 1. The topological polar surface area (TPSA) is 58.6 Å². The van der Waals surface area contributed by atoms with Gasteiger partial charge in [0.2, 0.25) is 0 Å². The summed E-state index contributed by atoms with van der Waals surface area (Å²) in [5, 5.41) is 11.7. The number of halogens is 1. The molecular weight excluding hydrogens is 242 g/mol. The lowest BCUT2D eigenvalue weighted by Gasteiger charge is -2.15. The molecule has 4 nitrogen and oxygen atoms in total. The number of nitrogens with one attached hydrogen (secondary N) is 1. The van der Waals surface area contributed by atoms with Gasteiger partial charge in [-0.05, 0) is 17.7 Å². The van der Waals surface area contributed by atoms with E-state index in [4.69, 9.17) is 21.4 Å². The van der Waals surface area contributed by atoms with Crippen LogP contribution in [0.2, 0.25) is 0 Å². The fraction of sp³-hybridized carbons (Fsp3) is 0.417. The molecule has 0 spiro atoms. The van der Waals surface area contributed by atoms with Crippen molar-refractivity contribution in [3.8, 4) is 0 Å². The minimum Gasteiger partial charge on any atom is -0.394 e. The zero-order chi connectivity index (χ0) is 12.7. The second kappa shape index (κ2) is 7.27. The number of methoxy groups -OCH3 is 1. The monoisotopic (exact) mass is 257 g/mol. The molecule has 1 atom stereocenters. The lowest BCUT2D eigenvalue weighted by atomic mass is 10.1. The van der Waals surface area contributed by atoms with E-state index in [0.29, 0.717) is 11.4 Å². The molecule has 1 amide bonds. The van der Waals surface area contributed by atoms with Gasteiger partial charge in [-0.3, -0.25) is 4.79 Å². The number of hydrogen-bond donors (Lipinski definition) is 2. The van der Waals surface area contributed by atoms with E-state index in [1.165, 1.54) is 7.11 Å². The maximum absolute atomic E-state index is 11.8. The van der Waals surface area contributed by atoms with Crippen molar-refractivity contribution in [2.24, 2.45) is 0 Å². The zero-order valence-electron chi connectivity index (χ0n) is 9.65. The standard InChI is InChI=1S/C12H16ClNO3/c1-17-8-11(7-15)14-12(16)10-4-2-3-9(5-10)6-13/h2-5,11,15H,6-8H2,1H3,(H,14,16). The van der Waals surface area contributed by atoms with Crippen molar-refractivity contribution in [2.45, 2.75) is 11.9 Å². The number of alkyl halides is 1. The van der Waals surface area contributed by atoms with Crippen LogP contribution >= 0.6 is 11.6 Å². The Hall–Kier alpha value is -1.10. The number of hydrogen-bond acceptors (Lipinski definition) is 3. The Bertz CT molecular complexity index is 371. The van der Waals surface area contributed by atoms with E-state index in [1.807, 2.05) is 6.07 Å². The summed E-state index contributed by atoms with van der Waals surface area (Å²) in [5.74, 6) is 0.121.